The van der Waals surface area contributed by atoms with Crippen molar-refractivity contribution in [2.75, 3.05) is 5.32 Å². The lowest BCUT2D eigenvalue weighted by atomic mass is 10.1. The lowest BCUT2D eigenvalue weighted by molar-refractivity contribution is -0.389. The molecule has 0 aliphatic heterocycles. The number of nitrogens with zero attached hydrogens (tertiary/aromatic N) is 4. The maximum absolute atomic E-state index is 12.4. The Kier molecular flexibility index (Phi) is 5.62. The van der Waals surface area contributed by atoms with E-state index < -0.39 is 4.92 Å². The van der Waals surface area contributed by atoms with Crippen LogP contribution in [0.5, 0.6) is 0 Å². The summed E-state index contributed by atoms with van der Waals surface area (Å²) < 4.78 is 1.23. The molecule has 0 saturated carbocycles. The molecular weight excluding hydrogens is 402 g/mol. The molecule has 0 atom stereocenters. The zero-order valence-electron chi connectivity index (χ0n) is 15.8. The van der Waals surface area contributed by atoms with Crippen molar-refractivity contribution < 1.29 is 9.72 Å². The van der Waals surface area contributed by atoms with E-state index in [0.29, 0.717) is 11.6 Å². The van der Waals surface area contributed by atoms with E-state index in [1.54, 1.807) is 0 Å². The standard InChI is InChI=1S/C21H17N5O3S/c27-19(14-25-12-11-18(24-25)26(28)29)23-21-22-17(13-15-7-3-1-4-8-15)20(30-21)16-9-5-2-6-10-16/h1-12H,13-14H2,(H,22,23,27). The Labute approximate surface area is 176 Å². The molecule has 0 aliphatic rings. The highest BCUT2D eigenvalue weighted by Gasteiger charge is 2.17. The molecule has 30 heavy (non-hydrogen) atoms. The predicted octanol–water partition coefficient (Wildman–Crippen LogP) is 4.14. The van der Waals surface area contributed by atoms with Crippen molar-refractivity contribution in [2.45, 2.75) is 13.0 Å². The molecule has 1 amide bonds. The fraction of sp³-hybridized carbons (Fsp3) is 0.0952. The van der Waals surface area contributed by atoms with E-state index >= 15 is 0 Å². The summed E-state index contributed by atoms with van der Waals surface area (Å²) in [6.45, 7) is -0.137. The molecule has 2 aromatic heterocycles. The van der Waals surface area contributed by atoms with Crippen molar-refractivity contribution in [1.29, 1.82) is 0 Å². The number of nitrogens with one attached hydrogen (secondary N) is 1. The average Bonchev–Trinajstić information content (AvgIpc) is 3.36. The number of thiazole rings is 1. The van der Waals surface area contributed by atoms with Crippen LogP contribution in [0.25, 0.3) is 10.4 Å². The predicted molar refractivity (Wildman–Crippen MR) is 114 cm³/mol. The van der Waals surface area contributed by atoms with Gasteiger partial charge in [0.15, 0.2) is 5.13 Å². The summed E-state index contributed by atoms with van der Waals surface area (Å²) in [5.41, 5.74) is 3.04. The largest absolute Gasteiger partial charge is 0.389 e. The average molecular weight is 419 g/mol. The van der Waals surface area contributed by atoms with Crippen molar-refractivity contribution >= 4 is 28.2 Å². The normalized spacial score (nSPS) is 10.7. The lowest BCUT2D eigenvalue weighted by Crippen LogP contribution is -2.19. The van der Waals surface area contributed by atoms with Crippen LogP contribution >= 0.6 is 11.3 Å². The Bertz CT molecular complexity index is 1170. The number of carbonyl (C=O) groups is 1. The third-order valence-corrected chi connectivity index (χ3v) is 5.38. The number of hydrogen-bond acceptors (Lipinski definition) is 6. The quantitative estimate of drug-likeness (QED) is 0.358. The van der Waals surface area contributed by atoms with Gasteiger partial charge in [-0.25, -0.2) is 4.98 Å². The SMILES string of the molecule is O=C(Cn1ccc([N+](=O)[O-])n1)Nc1nc(Cc2ccccc2)c(-c2ccccc2)s1. The van der Waals surface area contributed by atoms with Gasteiger partial charge in [-0.2, -0.15) is 4.68 Å². The van der Waals surface area contributed by atoms with Crippen LogP contribution < -0.4 is 5.32 Å². The van der Waals surface area contributed by atoms with Crippen LogP contribution in [0.4, 0.5) is 10.9 Å². The highest BCUT2D eigenvalue weighted by atomic mass is 32.1. The van der Waals surface area contributed by atoms with Gasteiger partial charge in [-0.1, -0.05) is 72.0 Å². The van der Waals surface area contributed by atoms with Gasteiger partial charge in [0.1, 0.15) is 6.54 Å². The molecule has 0 saturated heterocycles. The van der Waals surface area contributed by atoms with Gasteiger partial charge in [0.05, 0.1) is 27.9 Å². The van der Waals surface area contributed by atoms with Gasteiger partial charge in [0, 0.05) is 6.42 Å². The number of anilines is 1. The number of aromatic nitrogens is 3. The molecule has 9 heteroatoms. The monoisotopic (exact) mass is 419 g/mol. The van der Waals surface area contributed by atoms with Crippen molar-refractivity contribution in [3.8, 4) is 10.4 Å². The highest BCUT2D eigenvalue weighted by molar-refractivity contribution is 7.19. The van der Waals surface area contributed by atoms with Gasteiger partial charge in [-0.15, -0.1) is 0 Å². The smallest absolute Gasteiger partial charge is 0.358 e. The molecule has 150 valence electrons. The molecule has 0 unspecified atom stereocenters. The van der Waals surface area contributed by atoms with Crippen LogP contribution in [0.2, 0.25) is 0 Å². The second-order valence-electron chi connectivity index (χ2n) is 6.50. The summed E-state index contributed by atoms with van der Waals surface area (Å²) in [6, 6.07) is 21.2. The van der Waals surface area contributed by atoms with Gasteiger partial charge in [0.2, 0.25) is 5.91 Å². The van der Waals surface area contributed by atoms with E-state index in [-0.39, 0.29) is 18.3 Å². The van der Waals surface area contributed by atoms with E-state index in [1.807, 2.05) is 60.7 Å². The van der Waals surface area contributed by atoms with Crippen LogP contribution in [0.15, 0.2) is 72.9 Å². The lowest BCUT2D eigenvalue weighted by Gasteiger charge is -2.02. The number of carbonyl (C=O) groups excluding carboxylic acids is 1. The molecule has 0 aliphatic carbocycles. The molecular formula is C21H17N5O3S. The summed E-state index contributed by atoms with van der Waals surface area (Å²) in [6.07, 6.45) is 2.04. The number of benzene rings is 2. The van der Waals surface area contributed by atoms with E-state index in [0.717, 1.165) is 21.7 Å². The maximum atomic E-state index is 12.4. The number of hydrogen-bond donors (Lipinski definition) is 1. The van der Waals surface area contributed by atoms with Crippen LogP contribution in [-0.4, -0.2) is 25.6 Å². The van der Waals surface area contributed by atoms with Gasteiger partial charge < -0.3 is 15.4 Å². The van der Waals surface area contributed by atoms with Gasteiger partial charge in [0.25, 0.3) is 0 Å². The second-order valence-corrected chi connectivity index (χ2v) is 7.50. The summed E-state index contributed by atoms with van der Waals surface area (Å²) in [7, 11) is 0. The Balaban J connectivity index is 1.55. The zero-order valence-corrected chi connectivity index (χ0v) is 16.6. The van der Waals surface area contributed by atoms with Crippen molar-refractivity contribution in [3.63, 3.8) is 0 Å². The minimum atomic E-state index is -0.600. The van der Waals surface area contributed by atoms with Crippen LogP contribution in [0.1, 0.15) is 11.3 Å². The summed E-state index contributed by atoms with van der Waals surface area (Å²) in [5.74, 6) is -0.652. The molecule has 0 bridgehead atoms. The molecule has 0 radical (unpaired) electrons. The maximum Gasteiger partial charge on any atom is 0.389 e. The Morgan fingerprint density at radius 2 is 1.77 bits per heavy atom. The molecule has 0 fully saturated rings. The number of amides is 1. The van der Waals surface area contributed by atoms with E-state index in [4.69, 9.17) is 0 Å². The topological polar surface area (TPSA) is 103 Å². The first kappa shape index (κ1) is 19.5. The molecule has 2 heterocycles. The van der Waals surface area contributed by atoms with Crippen molar-refractivity contribution in [1.82, 2.24) is 14.8 Å². The first-order chi connectivity index (χ1) is 14.6. The number of nitro groups is 1. The molecule has 4 rings (SSSR count). The molecule has 2 aromatic carbocycles. The fourth-order valence-corrected chi connectivity index (χ4v) is 3.98. The van der Waals surface area contributed by atoms with Crippen molar-refractivity contribution in [3.05, 3.63) is 94.3 Å². The summed E-state index contributed by atoms with van der Waals surface area (Å²) in [5, 5.41) is 17.8. The van der Waals surface area contributed by atoms with E-state index in [1.165, 1.54) is 28.3 Å². The van der Waals surface area contributed by atoms with Crippen LogP contribution in [0, 0.1) is 10.1 Å². The molecule has 8 nitrogen and oxygen atoms in total. The Morgan fingerprint density at radius 3 is 2.43 bits per heavy atom. The Morgan fingerprint density at radius 1 is 1.07 bits per heavy atom. The Hall–Kier alpha value is -3.85. The van der Waals surface area contributed by atoms with E-state index in [2.05, 4.69) is 15.4 Å². The third kappa shape index (κ3) is 4.58. The van der Waals surface area contributed by atoms with Gasteiger partial charge in [-0.05, 0) is 16.1 Å². The number of rotatable bonds is 7. The molecule has 4 aromatic rings. The van der Waals surface area contributed by atoms with Crippen LogP contribution in [0.3, 0.4) is 0 Å². The van der Waals surface area contributed by atoms with Gasteiger partial charge >= 0.3 is 5.82 Å². The van der Waals surface area contributed by atoms with E-state index in [9.17, 15) is 14.9 Å². The van der Waals surface area contributed by atoms with Crippen LogP contribution in [-0.2, 0) is 17.8 Å². The second kappa shape index (κ2) is 8.66. The first-order valence-electron chi connectivity index (χ1n) is 9.15. The third-order valence-electron chi connectivity index (χ3n) is 4.31. The minimum absolute atomic E-state index is 0.137. The molecule has 0 spiro atoms. The minimum Gasteiger partial charge on any atom is -0.358 e. The van der Waals surface area contributed by atoms with Crippen molar-refractivity contribution in [2.24, 2.45) is 0 Å². The zero-order chi connectivity index (χ0) is 20.9. The van der Waals surface area contributed by atoms with Gasteiger partial charge in [-0.3, -0.25) is 4.79 Å². The fourth-order valence-electron chi connectivity index (χ4n) is 2.97. The summed E-state index contributed by atoms with van der Waals surface area (Å²) >= 11 is 1.40. The summed E-state index contributed by atoms with van der Waals surface area (Å²) in [4.78, 5) is 28.2. The highest BCUT2D eigenvalue weighted by Crippen LogP contribution is 2.34. The first-order valence-corrected chi connectivity index (χ1v) is 9.97. The molecule has 1 N–H and O–H groups in total.